The van der Waals surface area contributed by atoms with E-state index in [4.69, 9.17) is 9.84 Å². The lowest BCUT2D eigenvalue weighted by Gasteiger charge is -2.15. The Labute approximate surface area is 163 Å². The first-order valence-electron chi connectivity index (χ1n) is 11.6. The van der Waals surface area contributed by atoms with E-state index >= 15 is 0 Å². The van der Waals surface area contributed by atoms with E-state index in [2.05, 4.69) is 13.8 Å². The number of ether oxygens (including phenoxy) is 1. The Morgan fingerprint density at radius 1 is 0.615 bits per heavy atom. The summed E-state index contributed by atoms with van der Waals surface area (Å²) in [6, 6.07) is 0. The Bertz CT molecular complexity index is 291. The Morgan fingerprint density at radius 3 is 1.23 bits per heavy atom. The summed E-state index contributed by atoms with van der Waals surface area (Å²) in [6.07, 6.45) is 22.7. The average Bonchev–Trinajstić information content (AvgIpc) is 2.61. The van der Waals surface area contributed by atoms with Gasteiger partial charge >= 0.3 is 6.16 Å². The summed E-state index contributed by atoms with van der Waals surface area (Å²) in [5.41, 5.74) is 0. The second-order valence-corrected chi connectivity index (χ2v) is 7.89. The average molecular weight is 371 g/mol. The third-order valence-corrected chi connectivity index (χ3v) is 5.28. The molecule has 0 fully saturated rings. The zero-order valence-electron chi connectivity index (χ0n) is 17.8. The molecule has 0 aliphatic carbocycles. The van der Waals surface area contributed by atoms with Crippen LogP contribution in [-0.2, 0) is 4.74 Å². The van der Waals surface area contributed by atoms with E-state index in [1.807, 2.05) is 0 Å². The van der Waals surface area contributed by atoms with Crippen molar-refractivity contribution in [1.29, 1.82) is 0 Å². The molecule has 0 saturated carbocycles. The largest absolute Gasteiger partial charge is 0.506 e. The molecule has 1 unspecified atom stereocenters. The summed E-state index contributed by atoms with van der Waals surface area (Å²) >= 11 is 0. The molecule has 1 atom stereocenters. The van der Waals surface area contributed by atoms with Crippen molar-refractivity contribution in [2.24, 2.45) is 0 Å². The van der Waals surface area contributed by atoms with Gasteiger partial charge < -0.3 is 9.84 Å². The molecule has 0 saturated heterocycles. The predicted octanol–water partition coefficient (Wildman–Crippen LogP) is 8.50. The first-order valence-corrected chi connectivity index (χ1v) is 11.6. The summed E-state index contributed by atoms with van der Waals surface area (Å²) in [4.78, 5) is 10.8. The normalized spacial score (nSPS) is 12.2. The number of carboxylic acid groups (broad SMARTS) is 1. The Hall–Kier alpha value is -0.730. The standard InChI is InChI=1S/C23H46O3/c1-3-5-7-9-10-11-12-13-14-15-17-19-21-22(26-23(24)25)20-18-16-8-6-4-2/h22H,3-21H2,1-2H3,(H,24,25). The molecule has 0 aliphatic rings. The third kappa shape index (κ3) is 19.6. The van der Waals surface area contributed by atoms with Gasteiger partial charge in [-0.25, -0.2) is 4.79 Å². The van der Waals surface area contributed by atoms with Crippen molar-refractivity contribution in [2.45, 2.75) is 142 Å². The van der Waals surface area contributed by atoms with Crippen LogP contribution in [0.15, 0.2) is 0 Å². The molecule has 0 spiro atoms. The SMILES string of the molecule is CCCCCCCCCCCCCCC(CCCCCCC)OC(=O)O. The minimum Gasteiger partial charge on any atom is -0.450 e. The molecule has 156 valence electrons. The summed E-state index contributed by atoms with van der Waals surface area (Å²) in [6.45, 7) is 4.48. The highest BCUT2D eigenvalue weighted by Crippen LogP contribution is 2.17. The Balaban J connectivity index is 3.49. The summed E-state index contributed by atoms with van der Waals surface area (Å²) in [7, 11) is 0. The summed E-state index contributed by atoms with van der Waals surface area (Å²) in [5.74, 6) is 0. The van der Waals surface area contributed by atoms with E-state index in [0.717, 1.165) is 25.7 Å². The maximum atomic E-state index is 10.8. The topological polar surface area (TPSA) is 46.5 Å². The van der Waals surface area contributed by atoms with Gasteiger partial charge in [0.1, 0.15) is 6.10 Å². The molecule has 0 aromatic heterocycles. The molecule has 0 aromatic carbocycles. The van der Waals surface area contributed by atoms with E-state index in [0.29, 0.717) is 0 Å². The monoisotopic (exact) mass is 370 g/mol. The highest BCUT2D eigenvalue weighted by atomic mass is 16.7. The van der Waals surface area contributed by atoms with Gasteiger partial charge in [-0.1, -0.05) is 110 Å². The fraction of sp³-hybridized carbons (Fsp3) is 0.957. The van der Waals surface area contributed by atoms with Gasteiger partial charge in [0, 0.05) is 0 Å². The quantitative estimate of drug-likeness (QED) is 0.172. The maximum Gasteiger partial charge on any atom is 0.506 e. The smallest absolute Gasteiger partial charge is 0.450 e. The molecular weight excluding hydrogens is 324 g/mol. The van der Waals surface area contributed by atoms with Crippen LogP contribution in [0.2, 0.25) is 0 Å². The number of unbranched alkanes of at least 4 members (excludes halogenated alkanes) is 15. The van der Waals surface area contributed by atoms with Crippen molar-refractivity contribution in [3.63, 3.8) is 0 Å². The van der Waals surface area contributed by atoms with Crippen LogP contribution < -0.4 is 0 Å². The highest BCUT2D eigenvalue weighted by Gasteiger charge is 2.12. The van der Waals surface area contributed by atoms with Crippen LogP contribution in [0.1, 0.15) is 136 Å². The molecule has 3 nitrogen and oxygen atoms in total. The lowest BCUT2D eigenvalue weighted by atomic mass is 10.0. The third-order valence-electron chi connectivity index (χ3n) is 5.28. The zero-order valence-corrected chi connectivity index (χ0v) is 17.8. The van der Waals surface area contributed by atoms with Crippen LogP contribution in [0.25, 0.3) is 0 Å². The predicted molar refractivity (Wildman–Crippen MR) is 112 cm³/mol. The molecule has 0 aliphatic heterocycles. The van der Waals surface area contributed by atoms with Crippen LogP contribution in [0.3, 0.4) is 0 Å². The second-order valence-electron chi connectivity index (χ2n) is 7.89. The van der Waals surface area contributed by atoms with Gasteiger partial charge in [-0.15, -0.1) is 0 Å². The van der Waals surface area contributed by atoms with Crippen molar-refractivity contribution in [3.05, 3.63) is 0 Å². The van der Waals surface area contributed by atoms with E-state index in [9.17, 15) is 4.79 Å². The summed E-state index contributed by atoms with van der Waals surface area (Å²) in [5, 5.41) is 8.89. The van der Waals surface area contributed by atoms with Crippen molar-refractivity contribution >= 4 is 6.16 Å². The summed E-state index contributed by atoms with van der Waals surface area (Å²) < 4.78 is 5.07. The second kappa shape index (κ2) is 20.6. The fourth-order valence-electron chi connectivity index (χ4n) is 3.59. The molecule has 0 aromatic rings. The van der Waals surface area contributed by atoms with Crippen molar-refractivity contribution in [2.75, 3.05) is 0 Å². The first-order chi connectivity index (χ1) is 12.7. The molecule has 3 heteroatoms. The van der Waals surface area contributed by atoms with E-state index in [1.165, 1.54) is 96.3 Å². The molecule has 1 N–H and O–H groups in total. The molecule has 0 rings (SSSR count). The number of hydrogen-bond donors (Lipinski definition) is 1. The van der Waals surface area contributed by atoms with E-state index in [1.54, 1.807) is 0 Å². The van der Waals surface area contributed by atoms with Crippen molar-refractivity contribution in [1.82, 2.24) is 0 Å². The number of carbonyl (C=O) groups is 1. The molecule has 26 heavy (non-hydrogen) atoms. The maximum absolute atomic E-state index is 10.8. The molecule has 0 radical (unpaired) electrons. The van der Waals surface area contributed by atoms with E-state index in [-0.39, 0.29) is 6.10 Å². The van der Waals surface area contributed by atoms with Crippen LogP contribution >= 0.6 is 0 Å². The van der Waals surface area contributed by atoms with Gasteiger partial charge in [-0.05, 0) is 25.7 Å². The van der Waals surface area contributed by atoms with Gasteiger partial charge in [0.2, 0.25) is 0 Å². The van der Waals surface area contributed by atoms with Gasteiger partial charge in [0.15, 0.2) is 0 Å². The fourth-order valence-corrected chi connectivity index (χ4v) is 3.59. The van der Waals surface area contributed by atoms with Gasteiger partial charge in [-0.3, -0.25) is 0 Å². The Kier molecular flexibility index (Phi) is 20.0. The Morgan fingerprint density at radius 2 is 0.923 bits per heavy atom. The highest BCUT2D eigenvalue weighted by molar-refractivity contribution is 5.57. The molecule has 0 amide bonds. The molecule has 0 heterocycles. The molecule has 0 bridgehead atoms. The van der Waals surface area contributed by atoms with Gasteiger partial charge in [0.05, 0.1) is 0 Å². The van der Waals surface area contributed by atoms with Crippen molar-refractivity contribution < 1.29 is 14.6 Å². The van der Waals surface area contributed by atoms with Crippen LogP contribution in [0.5, 0.6) is 0 Å². The molecular formula is C23H46O3. The van der Waals surface area contributed by atoms with E-state index < -0.39 is 6.16 Å². The minimum absolute atomic E-state index is 0.0859. The van der Waals surface area contributed by atoms with Crippen molar-refractivity contribution in [3.8, 4) is 0 Å². The lowest BCUT2D eigenvalue weighted by Crippen LogP contribution is -2.16. The number of rotatable bonds is 20. The van der Waals surface area contributed by atoms with Crippen LogP contribution in [0, 0.1) is 0 Å². The minimum atomic E-state index is -1.11. The lowest BCUT2D eigenvalue weighted by molar-refractivity contribution is 0.0422. The van der Waals surface area contributed by atoms with Gasteiger partial charge in [0.25, 0.3) is 0 Å². The first kappa shape index (κ1) is 25.3. The van der Waals surface area contributed by atoms with Crippen LogP contribution in [0.4, 0.5) is 4.79 Å². The van der Waals surface area contributed by atoms with Crippen LogP contribution in [-0.4, -0.2) is 17.4 Å². The number of hydrogen-bond acceptors (Lipinski definition) is 2. The van der Waals surface area contributed by atoms with Gasteiger partial charge in [-0.2, -0.15) is 0 Å². The zero-order chi connectivity index (χ0) is 19.3.